The minimum Gasteiger partial charge on any atom is -0.469 e. The molecule has 1 rings (SSSR count). The van der Waals surface area contributed by atoms with Crippen molar-refractivity contribution in [3.05, 3.63) is 0 Å². The molecule has 1 N–H and O–H groups in total. The quantitative estimate of drug-likeness (QED) is 0.708. The average Bonchev–Trinajstić information content (AvgIpc) is 2.20. The second kappa shape index (κ2) is 5.17. The Hall–Kier alpha value is -0.570. The highest BCUT2D eigenvalue weighted by molar-refractivity contribution is 5.76. The van der Waals surface area contributed by atoms with Crippen molar-refractivity contribution in [2.45, 2.75) is 46.5 Å². The molecule has 0 aliphatic heterocycles. The number of ether oxygens (including phenoxy) is 1. The first kappa shape index (κ1) is 13.5. The van der Waals surface area contributed by atoms with E-state index in [1.807, 2.05) is 13.8 Å². The van der Waals surface area contributed by atoms with E-state index in [0.717, 1.165) is 6.54 Å². The van der Waals surface area contributed by atoms with Crippen molar-refractivity contribution < 1.29 is 9.53 Å². The number of carbonyl (C=O) groups excluding carboxylic acids is 1. The Balaban J connectivity index is 2.31. The standard InChI is InChI=1S/C13H25NO2/c1-5-13(7-6-8-13)10-14-9-12(2,3)11(15)16-4/h14H,5-10H2,1-4H3. The number of esters is 1. The molecule has 0 aromatic heterocycles. The van der Waals surface area contributed by atoms with Crippen LogP contribution in [0.1, 0.15) is 46.5 Å². The summed E-state index contributed by atoms with van der Waals surface area (Å²) < 4.78 is 4.79. The molecule has 0 aromatic rings. The molecule has 0 heterocycles. The van der Waals surface area contributed by atoms with Crippen molar-refractivity contribution in [1.82, 2.24) is 5.32 Å². The van der Waals surface area contributed by atoms with Gasteiger partial charge in [-0.05, 0) is 38.5 Å². The summed E-state index contributed by atoms with van der Waals surface area (Å²) in [6, 6.07) is 0. The molecule has 0 amide bonds. The molecule has 3 nitrogen and oxygen atoms in total. The van der Waals surface area contributed by atoms with E-state index in [1.54, 1.807) is 0 Å². The molecule has 0 unspecified atom stereocenters. The lowest BCUT2D eigenvalue weighted by molar-refractivity contribution is -0.150. The van der Waals surface area contributed by atoms with Crippen LogP contribution in [0.3, 0.4) is 0 Å². The number of nitrogens with one attached hydrogen (secondary N) is 1. The van der Waals surface area contributed by atoms with Crippen LogP contribution in [0.2, 0.25) is 0 Å². The van der Waals surface area contributed by atoms with E-state index in [9.17, 15) is 4.79 Å². The second-order valence-corrected chi connectivity index (χ2v) is 5.69. The van der Waals surface area contributed by atoms with E-state index in [1.165, 1.54) is 32.8 Å². The van der Waals surface area contributed by atoms with Gasteiger partial charge in [0.1, 0.15) is 0 Å². The molecule has 3 heteroatoms. The van der Waals surface area contributed by atoms with Gasteiger partial charge in [0.2, 0.25) is 0 Å². The van der Waals surface area contributed by atoms with Crippen LogP contribution < -0.4 is 5.32 Å². The molecule has 0 radical (unpaired) electrons. The zero-order valence-corrected chi connectivity index (χ0v) is 11.1. The summed E-state index contributed by atoms with van der Waals surface area (Å²) in [7, 11) is 1.45. The van der Waals surface area contributed by atoms with Gasteiger partial charge in [-0.25, -0.2) is 0 Å². The van der Waals surface area contributed by atoms with Crippen LogP contribution in [0.25, 0.3) is 0 Å². The lowest BCUT2D eigenvalue weighted by atomic mass is 9.67. The summed E-state index contributed by atoms with van der Waals surface area (Å²) in [4.78, 5) is 11.5. The zero-order chi connectivity index (χ0) is 12.2. The van der Waals surface area contributed by atoms with Crippen molar-refractivity contribution in [2.24, 2.45) is 10.8 Å². The zero-order valence-electron chi connectivity index (χ0n) is 11.1. The molecule has 1 saturated carbocycles. The van der Waals surface area contributed by atoms with Crippen LogP contribution in [-0.2, 0) is 9.53 Å². The van der Waals surface area contributed by atoms with E-state index in [4.69, 9.17) is 4.74 Å². The van der Waals surface area contributed by atoms with Gasteiger partial charge < -0.3 is 10.1 Å². The van der Waals surface area contributed by atoms with Crippen molar-refractivity contribution >= 4 is 5.97 Å². The normalized spacial score (nSPS) is 19.0. The van der Waals surface area contributed by atoms with Gasteiger partial charge >= 0.3 is 5.97 Å². The monoisotopic (exact) mass is 227 g/mol. The lowest BCUT2D eigenvalue weighted by Gasteiger charge is -2.42. The van der Waals surface area contributed by atoms with Gasteiger partial charge in [0.25, 0.3) is 0 Å². The third-order valence-electron chi connectivity index (χ3n) is 3.97. The van der Waals surface area contributed by atoms with Crippen molar-refractivity contribution in [2.75, 3.05) is 20.2 Å². The lowest BCUT2D eigenvalue weighted by Crippen LogP contribution is -2.44. The van der Waals surface area contributed by atoms with Gasteiger partial charge in [0.15, 0.2) is 0 Å². The van der Waals surface area contributed by atoms with Crippen molar-refractivity contribution in [3.63, 3.8) is 0 Å². The second-order valence-electron chi connectivity index (χ2n) is 5.69. The third-order valence-corrected chi connectivity index (χ3v) is 3.97. The highest BCUT2D eigenvalue weighted by Gasteiger charge is 2.36. The Kier molecular flexibility index (Phi) is 4.36. The smallest absolute Gasteiger partial charge is 0.312 e. The van der Waals surface area contributed by atoms with Gasteiger partial charge in [-0.1, -0.05) is 13.3 Å². The highest BCUT2D eigenvalue weighted by Crippen LogP contribution is 2.43. The van der Waals surface area contributed by atoms with Gasteiger partial charge in [-0.2, -0.15) is 0 Å². The predicted octanol–water partition coefficient (Wildman–Crippen LogP) is 2.36. The van der Waals surface area contributed by atoms with Crippen molar-refractivity contribution in [3.8, 4) is 0 Å². The Morgan fingerprint density at radius 2 is 2.06 bits per heavy atom. The van der Waals surface area contributed by atoms with E-state index in [-0.39, 0.29) is 5.97 Å². The van der Waals surface area contributed by atoms with Crippen LogP contribution in [0.5, 0.6) is 0 Å². The summed E-state index contributed by atoms with van der Waals surface area (Å²) >= 11 is 0. The number of methoxy groups -OCH3 is 1. The van der Waals surface area contributed by atoms with E-state index >= 15 is 0 Å². The fourth-order valence-corrected chi connectivity index (χ4v) is 2.32. The molecule has 94 valence electrons. The summed E-state index contributed by atoms with van der Waals surface area (Å²) in [6.45, 7) is 7.83. The fraction of sp³-hybridized carbons (Fsp3) is 0.923. The highest BCUT2D eigenvalue weighted by atomic mass is 16.5. The van der Waals surface area contributed by atoms with Gasteiger partial charge in [-0.15, -0.1) is 0 Å². The molecule has 0 saturated heterocycles. The molecule has 16 heavy (non-hydrogen) atoms. The first-order valence-electron chi connectivity index (χ1n) is 6.25. The summed E-state index contributed by atoms with van der Waals surface area (Å²) in [5, 5.41) is 3.43. The van der Waals surface area contributed by atoms with E-state index in [2.05, 4.69) is 12.2 Å². The van der Waals surface area contributed by atoms with Crippen molar-refractivity contribution in [1.29, 1.82) is 0 Å². The topological polar surface area (TPSA) is 38.3 Å². The fourth-order valence-electron chi connectivity index (χ4n) is 2.32. The first-order valence-corrected chi connectivity index (χ1v) is 6.25. The summed E-state index contributed by atoms with van der Waals surface area (Å²) in [6.07, 6.45) is 5.25. The summed E-state index contributed by atoms with van der Waals surface area (Å²) in [5.74, 6) is -0.140. The van der Waals surface area contributed by atoms with Crippen LogP contribution >= 0.6 is 0 Å². The first-order chi connectivity index (χ1) is 7.46. The van der Waals surface area contributed by atoms with E-state index < -0.39 is 5.41 Å². The van der Waals surface area contributed by atoms with Crippen LogP contribution in [0, 0.1) is 10.8 Å². The Morgan fingerprint density at radius 1 is 1.44 bits per heavy atom. The molecule has 1 fully saturated rings. The van der Waals surface area contributed by atoms with Crippen LogP contribution in [0.15, 0.2) is 0 Å². The van der Waals surface area contributed by atoms with E-state index in [0.29, 0.717) is 12.0 Å². The molecular formula is C13H25NO2. The largest absolute Gasteiger partial charge is 0.469 e. The molecule has 0 spiro atoms. The maximum absolute atomic E-state index is 11.5. The number of hydrogen-bond acceptors (Lipinski definition) is 3. The molecular weight excluding hydrogens is 202 g/mol. The van der Waals surface area contributed by atoms with Gasteiger partial charge in [-0.3, -0.25) is 4.79 Å². The Labute approximate surface area is 98.9 Å². The molecule has 0 atom stereocenters. The molecule has 0 aromatic carbocycles. The van der Waals surface area contributed by atoms with Gasteiger partial charge in [0.05, 0.1) is 12.5 Å². The molecule has 1 aliphatic carbocycles. The predicted molar refractivity (Wildman–Crippen MR) is 65.2 cm³/mol. The molecule has 0 bridgehead atoms. The minimum absolute atomic E-state index is 0.140. The van der Waals surface area contributed by atoms with Crippen LogP contribution in [0.4, 0.5) is 0 Å². The maximum Gasteiger partial charge on any atom is 0.312 e. The van der Waals surface area contributed by atoms with Gasteiger partial charge in [0, 0.05) is 13.1 Å². The summed E-state index contributed by atoms with van der Waals surface area (Å²) in [5.41, 5.74) is 0.0830. The minimum atomic E-state index is -0.423. The SMILES string of the molecule is CCC1(CNCC(C)(C)C(=O)OC)CCC1. The van der Waals surface area contributed by atoms with Crippen LogP contribution in [-0.4, -0.2) is 26.2 Å². The number of carbonyl (C=O) groups is 1. The number of rotatable bonds is 6. The number of hydrogen-bond donors (Lipinski definition) is 1. The maximum atomic E-state index is 11.5. The molecule has 1 aliphatic rings. The average molecular weight is 227 g/mol. The Morgan fingerprint density at radius 3 is 2.44 bits per heavy atom. The Bertz CT molecular complexity index is 239. The third kappa shape index (κ3) is 2.97.